The van der Waals surface area contributed by atoms with Crippen LogP contribution in [0.3, 0.4) is 0 Å². The van der Waals surface area contributed by atoms with Crippen LogP contribution in [0.1, 0.15) is 12.5 Å². The normalized spacial score (nSPS) is 13.8. The molecule has 33 heavy (non-hydrogen) atoms. The summed E-state index contributed by atoms with van der Waals surface area (Å²) >= 11 is 6.12. The van der Waals surface area contributed by atoms with Crippen molar-refractivity contribution in [3.63, 3.8) is 0 Å². The van der Waals surface area contributed by atoms with Crippen LogP contribution in [-0.2, 0) is 11.3 Å². The van der Waals surface area contributed by atoms with Crippen LogP contribution in [0.5, 0.6) is 0 Å². The van der Waals surface area contributed by atoms with E-state index in [0.717, 1.165) is 44.4 Å². The number of thioether (sulfide) groups is 2. The Balaban J connectivity index is 1.25. The van der Waals surface area contributed by atoms with Gasteiger partial charge in [-0.3, -0.25) is 4.79 Å². The molecule has 1 amide bonds. The molecule has 0 aliphatic carbocycles. The highest BCUT2D eigenvalue weighted by Gasteiger charge is 2.17. The second-order valence-electron chi connectivity index (χ2n) is 7.11. The number of rotatable bonds is 5. The zero-order valence-electron chi connectivity index (χ0n) is 17.5. The Hall–Kier alpha value is -2.76. The Bertz CT molecular complexity index is 1420. The summed E-state index contributed by atoms with van der Waals surface area (Å²) in [4.78, 5) is 17.1. The van der Waals surface area contributed by atoms with Gasteiger partial charge in [-0.05, 0) is 30.7 Å². The lowest BCUT2D eigenvalue weighted by Crippen LogP contribution is -2.31. The molecule has 0 atom stereocenters. The summed E-state index contributed by atoms with van der Waals surface area (Å²) in [6.45, 7) is 2.84. The van der Waals surface area contributed by atoms with E-state index in [1.165, 1.54) is 23.5 Å². The first-order valence-corrected chi connectivity index (χ1v) is 13.0. The van der Waals surface area contributed by atoms with Gasteiger partial charge in [-0.25, -0.2) is 4.98 Å². The number of amides is 1. The van der Waals surface area contributed by atoms with E-state index in [4.69, 9.17) is 0 Å². The number of amidine groups is 1. The molecule has 2 aromatic carbocycles. The Kier molecular flexibility index (Phi) is 6.43. The summed E-state index contributed by atoms with van der Waals surface area (Å²) in [5.41, 5.74) is 4.51. The third-order valence-corrected chi connectivity index (χ3v) is 7.28. The van der Waals surface area contributed by atoms with E-state index in [1.807, 2.05) is 42.5 Å². The highest BCUT2D eigenvalue weighted by molar-refractivity contribution is 9.10. The number of benzene rings is 2. The average Bonchev–Trinajstić information content (AvgIpc) is 3.16. The van der Waals surface area contributed by atoms with E-state index < -0.39 is 0 Å². The topological polar surface area (TPSA) is 97.4 Å². The second-order valence-corrected chi connectivity index (χ2v) is 9.93. The Labute approximate surface area is 206 Å². The average molecular weight is 540 g/mol. The first-order valence-electron chi connectivity index (χ1n) is 10.2. The lowest BCUT2D eigenvalue weighted by atomic mass is 10.1. The molecule has 0 radical (unpaired) electrons. The number of para-hydroxylation sites is 1. The maximum absolute atomic E-state index is 12.4. The molecule has 8 nitrogen and oxygen atoms in total. The molecule has 1 aliphatic rings. The van der Waals surface area contributed by atoms with Crippen LogP contribution in [0.25, 0.3) is 22.1 Å². The number of fused-ring (bicyclic) bond motifs is 3. The number of carbonyl (C=O) groups excluding carboxylic acids is 1. The summed E-state index contributed by atoms with van der Waals surface area (Å²) in [6.07, 6.45) is 0. The molecule has 0 saturated heterocycles. The van der Waals surface area contributed by atoms with Crippen LogP contribution in [0.4, 0.5) is 0 Å². The Morgan fingerprint density at radius 2 is 1.97 bits per heavy atom. The number of nitrogens with one attached hydrogen (secondary N) is 1. The van der Waals surface area contributed by atoms with E-state index in [-0.39, 0.29) is 11.7 Å². The molecular weight excluding hydrogens is 522 g/mol. The molecular formula is C22H18BrN7OS2. The molecule has 11 heteroatoms. The minimum absolute atomic E-state index is 0.155. The van der Waals surface area contributed by atoms with Crippen LogP contribution in [0.2, 0.25) is 0 Å². The third-order valence-electron chi connectivity index (χ3n) is 5.03. The van der Waals surface area contributed by atoms with Crippen LogP contribution in [0.15, 0.2) is 68.4 Å². The quantitative estimate of drug-likeness (QED) is 0.375. The molecule has 0 saturated carbocycles. The summed E-state index contributed by atoms with van der Waals surface area (Å²) in [5, 5.41) is 21.8. The van der Waals surface area contributed by atoms with E-state index >= 15 is 0 Å². The van der Waals surface area contributed by atoms with Crippen molar-refractivity contribution in [1.29, 1.82) is 0 Å². The smallest absolute Gasteiger partial charge is 0.236 e. The fourth-order valence-electron chi connectivity index (χ4n) is 3.50. The fraction of sp³-hybridized carbons (Fsp3) is 0.182. The van der Waals surface area contributed by atoms with Crippen molar-refractivity contribution in [3.8, 4) is 0 Å². The standard InChI is InChI=1S/C22H18BrN7OS2/c1-2-30-17-6-4-3-5-15(17)19-20(30)25-22(29-27-19)33-12-18(31)24-21-28-26-16(11-32-21)13-7-9-14(23)10-8-13/h3-10H,2,11-12H2,1H3,(H,24,28,31). The molecule has 0 spiro atoms. The maximum atomic E-state index is 12.4. The lowest BCUT2D eigenvalue weighted by Gasteiger charge is -2.12. The summed E-state index contributed by atoms with van der Waals surface area (Å²) in [5.74, 6) is 0.606. The summed E-state index contributed by atoms with van der Waals surface area (Å²) in [6, 6.07) is 16.0. The van der Waals surface area contributed by atoms with Gasteiger partial charge in [-0.15, -0.1) is 15.3 Å². The molecule has 1 N–H and O–H groups in total. The Morgan fingerprint density at radius 1 is 1.15 bits per heavy atom. The van der Waals surface area contributed by atoms with Gasteiger partial charge in [-0.2, -0.15) is 5.10 Å². The zero-order valence-corrected chi connectivity index (χ0v) is 20.7. The van der Waals surface area contributed by atoms with E-state index in [0.29, 0.717) is 16.1 Å². The van der Waals surface area contributed by atoms with Crippen LogP contribution in [-0.4, -0.2) is 48.0 Å². The molecule has 0 fully saturated rings. The van der Waals surface area contributed by atoms with E-state index in [9.17, 15) is 4.79 Å². The Morgan fingerprint density at radius 3 is 2.73 bits per heavy atom. The predicted molar refractivity (Wildman–Crippen MR) is 138 cm³/mol. The van der Waals surface area contributed by atoms with Crippen LogP contribution in [0, 0.1) is 0 Å². The number of hydrogen-bond acceptors (Lipinski definition) is 8. The van der Waals surface area contributed by atoms with Crippen molar-refractivity contribution >= 4 is 78.3 Å². The van der Waals surface area contributed by atoms with E-state index in [2.05, 4.69) is 64.2 Å². The number of carbonyl (C=O) groups is 1. The van der Waals surface area contributed by atoms with Crippen molar-refractivity contribution in [2.24, 2.45) is 10.2 Å². The highest BCUT2D eigenvalue weighted by atomic mass is 79.9. The maximum Gasteiger partial charge on any atom is 0.236 e. The monoisotopic (exact) mass is 539 g/mol. The largest absolute Gasteiger partial charge is 0.324 e. The first kappa shape index (κ1) is 22.1. The number of hydrogen-bond donors (Lipinski definition) is 1. The highest BCUT2D eigenvalue weighted by Crippen LogP contribution is 2.27. The van der Waals surface area contributed by atoms with Crippen molar-refractivity contribution in [1.82, 2.24) is 25.1 Å². The van der Waals surface area contributed by atoms with Gasteiger partial charge in [0.2, 0.25) is 11.1 Å². The fourth-order valence-corrected chi connectivity index (χ4v) is 5.13. The first-order chi connectivity index (χ1) is 16.1. The molecule has 166 valence electrons. The SMILES string of the molecule is CCn1c2ccccc2c2nnc(SCC(=O)NC3=NN=C(c4ccc(Br)cc4)CS3)nc21. The minimum Gasteiger partial charge on any atom is -0.324 e. The zero-order chi connectivity index (χ0) is 22.8. The van der Waals surface area contributed by atoms with Crippen LogP contribution < -0.4 is 5.32 Å². The third kappa shape index (κ3) is 4.66. The van der Waals surface area contributed by atoms with Crippen LogP contribution >= 0.6 is 39.5 Å². The van der Waals surface area contributed by atoms with Crippen molar-refractivity contribution in [3.05, 3.63) is 58.6 Å². The van der Waals surface area contributed by atoms with Crippen molar-refractivity contribution in [2.45, 2.75) is 18.6 Å². The van der Waals surface area contributed by atoms with E-state index in [1.54, 1.807) is 0 Å². The number of nitrogens with zero attached hydrogens (tertiary/aromatic N) is 6. The van der Waals surface area contributed by atoms with Gasteiger partial charge in [0, 0.05) is 22.2 Å². The predicted octanol–water partition coefficient (Wildman–Crippen LogP) is 4.48. The number of aromatic nitrogens is 4. The minimum atomic E-state index is -0.187. The molecule has 5 rings (SSSR count). The van der Waals surface area contributed by atoms with Gasteiger partial charge in [0.15, 0.2) is 10.8 Å². The van der Waals surface area contributed by atoms with Crippen molar-refractivity contribution < 1.29 is 4.79 Å². The molecule has 1 aliphatic heterocycles. The molecule has 2 aromatic heterocycles. The van der Waals surface area contributed by atoms with Gasteiger partial charge in [0.25, 0.3) is 0 Å². The number of aryl methyl sites for hydroxylation is 1. The summed E-state index contributed by atoms with van der Waals surface area (Å²) < 4.78 is 3.12. The summed E-state index contributed by atoms with van der Waals surface area (Å²) in [7, 11) is 0. The lowest BCUT2D eigenvalue weighted by molar-refractivity contribution is -0.117. The van der Waals surface area contributed by atoms with Gasteiger partial charge < -0.3 is 9.88 Å². The van der Waals surface area contributed by atoms with Crippen molar-refractivity contribution in [2.75, 3.05) is 11.5 Å². The second kappa shape index (κ2) is 9.62. The molecule has 3 heterocycles. The molecule has 4 aromatic rings. The van der Waals surface area contributed by atoms with Gasteiger partial charge in [0.05, 0.1) is 17.0 Å². The number of halogens is 1. The van der Waals surface area contributed by atoms with Gasteiger partial charge in [-0.1, -0.05) is 69.8 Å². The van der Waals surface area contributed by atoms with Gasteiger partial charge >= 0.3 is 0 Å². The van der Waals surface area contributed by atoms with Gasteiger partial charge in [0.1, 0.15) is 5.52 Å². The molecule has 0 unspecified atom stereocenters. The molecule has 0 bridgehead atoms.